The Morgan fingerprint density at radius 2 is 2.11 bits per heavy atom. The summed E-state index contributed by atoms with van der Waals surface area (Å²) in [6, 6.07) is 9.89. The van der Waals surface area contributed by atoms with E-state index in [0.29, 0.717) is 0 Å². The Morgan fingerprint density at radius 1 is 1.26 bits per heavy atom. The molecular weight excluding hydrogens is 236 g/mol. The lowest BCUT2D eigenvalue weighted by atomic mass is 10.1. The minimum absolute atomic E-state index is 0.746. The first kappa shape index (κ1) is 11.7. The smallest absolute Gasteiger partial charge is 0.160 e. The highest BCUT2D eigenvalue weighted by atomic mass is 15.1. The van der Waals surface area contributed by atoms with E-state index in [9.17, 15) is 0 Å². The molecule has 0 bridgehead atoms. The molecule has 0 amide bonds. The van der Waals surface area contributed by atoms with Crippen molar-refractivity contribution in [2.45, 2.75) is 20.4 Å². The third kappa shape index (κ3) is 1.85. The second kappa shape index (κ2) is 4.39. The van der Waals surface area contributed by atoms with Crippen LogP contribution in [0, 0.1) is 6.92 Å². The highest BCUT2D eigenvalue weighted by Gasteiger charge is 2.14. The standard InChI is InChI=1S/C15H16N4/c1-3-19-14(11-9-10(2)6-7-12(11)16)18-13-5-4-8-17-15(13)19/h4-9H,3,16H2,1-2H3. The number of rotatable bonds is 2. The first-order valence-corrected chi connectivity index (χ1v) is 6.38. The maximum Gasteiger partial charge on any atom is 0.160 e. The molecule has 4 nitrogen and oxygen atoms in total. The second-order valence-electron chi connectivity index (χ2n) is 4.62. The van der Waals surface area contributed by atoms with E-state index in [2.05, 4.69) is 34.4 Å². The minimum Gasteiger partial charge on any atom is -0.398 e. The van der Waals surface area contributed by atoms with Gasteiger partial charge in [0.2, 0.25) is 0 Å². The van der Waals surface area contributed by atoms with Gasteiger partial charge in [-0.1, -0.05) is 11.6 Å². The van der Waals surface area contributed by atoms with Crippen LogP contribution >= 0.6 is 0 Å². The van der Waals surface area contributed by atoms with Gasteiger partial charge in [0.1, 0.15) is 11.3 Å². The van der Waals surface area contributed by atoms with Crippen molar-refractivity contribution in [3.8, 4) is 11.4 Å². The van der Waals surface area contributed by atoms with Crippen LogP contribution in [-0.4, -0.2) is 14.5 Å². The van der Waals surface area contributed by atoms with Crippen LogP contribution in [0.5, 0.6) is 0 Å². The predicted molar refractivity (Wildman–Crippen MR) is 77.8 cm³/mol. The third-order valence-electron chi connectivity index (χ3n) is 3.27. The van der Waals surface area contributed by atoms with Crippen LogP contribution in [0.3, 0.4) is 0 Å². The molecule has 0 fully saturated rings. The van der Waals surface area contributed by atoms with Gasteiger partial charge < -0.3 is 10.3 Å². The summed E-state index contributed by atoms with van der Waals surface area (Å²) in [7, 11) is 0. The summed E-state index contributed by atoms with van der Waals surface area (Å²) in [5.41, 5.74) is 10.8. The Balaban J connectivity index is 2.33. The molecule has 3 aromatic rings. The van der Waals surface area contributed by atoms with Crippen molar-refractivity contribution >= 4 is 16.9 Å². The molecule has 2 heterocycles. The van der Waals surface area contributed by atoms with Gasteiger partial charge in [-0.05, 0) is 38.1 Å². The van der Waals surface area contributed by atoms with Gasteiger partial charge in [-0.15, -0.1) is 0 Å². The molecule has 1 aromatic carbocycles. The average Bonchev–Trinajstić information content (AvgIpc) is 2.79. The Hall–Kier alpha value is -2.36. The van der Waals surface area contributed by atoms with Crippen LogP contribution in [0.15, 0.2) is 36.5 Å². The van der Waals surface area contributed by atoms with Gasteiger partial charge >= 0.3 is 0 Å². The molecule has 0 aliphatic rings. The normalized spacial score (nSPS) is 11.1. The van der Waals surface area contributed by atoms with Crippen molar-refractivity contribution in [3.05, 3.63) is 42.1 Å². The van der Waals surface area contributed by atoms with E-state index in [1.165, 1.54) is 5.56 Å². The molecule has 0 radical (unpaired) electrons. The van der Waals surface area contributed by atoms with Crippen LogP contribution in [0.1, 0.15) is 12.5 Å². The summed E-state index contributed by atoms with van der Waals surface area (Å²) < 4.78 is 2.10. The molecule has 0 spiro atoms. The highest BCUT2D eigenvalue weighted by Crippen LogP contribution is 2.28. The molecule has 19 heavy (non-hydrogen) atoms. The summed E-state index contributed by atoms with van der Waals surface area (Å²) in [5, 5.41) is 0. The Morgan fingerprint density at radius 3 is 2.89 bits per heavy atom. The maximum atomic E-state index is 6.09. The lowest BCUT2D eigenvalue weighted by molar-refractivity contribution is 0.787. The van der Waals surface area contributed by atoms with Gasteiger partial charge in [-0.25, -0.2) is 9.97 Å². The van der Waals surface area contributed by atoms with Gasteiger partial charge in [0, 0.05) is 24.0 Å². The minimum atomic E-state index is 0.746. The quantitative estimate of drug-likeness (QED) is 0.713. The highest BCUT2D eigenvalue weighted by molar-refractivity contribution is 5.81. The first-order chi connectivity index (χ1) is 9.20. The number of pyridine rings is 1. The van der Waals surface area contributed by atoms with Crippen molar-refractivity contribution < 1.29 is 0 Å². The molecular formula is C15H16N4. The van der Waals surface area contributed by atoms with E-state index in [4.69, 9.17) is 5.73 Å². The fourth-order valence-electron chi connectivity index (χ4n) is 2.33. The van der Waals surface area contributed by atoms with Crippen molar-refractivity contribution in [1.82, 2.24) is 14.5 Å². The molecule has 2 aromatic heterocycles. The monoisotopic (exact) mass is 252 g/mol. The lowest BCUT2D eigenvalue weighted by Gasteiger charge is -2.08. The molecule has 0 unspecified atom stereocenters. The van der Waals surface area contributed by atoms with Crippen LogP contribution < -0.4 is 5.73 Å². The number of hydrogen-bond donors (Lipinski definition) is 1. The zero-order chi connectivity index (χ0) is 13.4. The fourth-order valence-corrected chi connectivity index (χ4v) is 2.33. The molecule has 3 rings (SSSR count). The summed E-state index contributed by atoms with van der Waals surface area (Å²) in [4.78, 5) is 9.09. The van der Waals surface area contributed by atoms with E-state index in [1.807, 2.05) is 24.3 Å². The van der Waals surface area contributed by atoms with Gasteiger partial charge in [0.05, 0.1) is 0 Å². The molecule has 0 aliphatic carbocycles. The number of imidazole rings is 1. The van der Waals surface area contributed by atoms with Gasteiger partial charge in [0.25, 0.3) is 0 Å². The van der Waals surface area contributed by atoms with Crippen molar-refractivity contribution in [2.75, 3.05) is 5.73 Å². The average molecular weight is 252 g/mol. The SMILES string of the molecule is CCn1c(-c2cc(C)ccc2N)nc2cccnc21. The summed E-state index contributed by atoms with van der Waals surface area (Å²) in [5.74, 6) is 0.886. The second-order valence-corrected chi connectivity index (χ2v) is 4.62. The van der Waals surface area contributed by atoms with E-state index >= 15 is 0 Å². The van der Waals surface area contributed by atoms with Crippen molar-refractivity contribution in [2.24, 2.45) is 0 Å². The van der Waals surface area contributed by atoms with Crippen molar-refractivity contribution in [3.63, 3.8) is 0 Å². The summed E-state index contributed by atoms with van der Waals surface area (Å²) in [6.45, 7) is 4.96. The number of nitrogen functional groups attached to an aromatic ring is 1. The zero-order valence-corrected chi connectivity index (χ0v) is 11.1. The molecule has 0 aliphatic heterocycles. The Kier molecular flexibility index (Phi) is 2.71. The predicted octanol–water partition coefficient (Wildman–Crippen LogP) is 3.01. The van der Waals surface area contributed by atoms with E-state index in [-0.39, 0.29) is 0 Å². The summed E-state index contributed by atoms with van der Waals surface area (Å²) >= 11 is 0. The van der Waals surface area contributed by atoms with E-state index < -0.39 is 0 Å². The van der Waals surface area contributed by atoms with Gasteiger partial charge in [0.15, 0.2) is 5.65 Å². The van der Waals surface area contributed by atoms with Crippen LogP contribution in [0.4, 0.5) is 5.69 Å². The maximum absolute atomic E-state index is 6.09. The number of benzene rings is 1. The van der Waals surface area contributed by atoms with Crippen LogP contribution in [0.2, 0.25) is 0 Å². The number of anilines is 1. The topological polar surface area (TPSA) is 56.7 Å². The molecule has 0 atom stereocenters. The number of hydrogen-bond acceptors (Lipinski definition) is 3. The molecule has 96 valence electrons. The Labute approximate surface area is 111 Å². The number of aryl methyl sites for hydroxylation is 2. The lowest BCUT2D eigenvalue weighted by Crippen LogP contribution is -2.01. The van der Waals surface area contributed by atoms with E-state index in [1.54, 1.807) is 6.20 Å². The number of aromatic nitrogens is 3. The van der Waals surface area contributed by atoms with Crippen LogP contribution in [-0.2, 0) is 6.54 Å². The largest absolute Gasteiger partial charge is 0.398 e. The third-order valence-corrected chi connectivity index (χ3v) is 3.27. The zero-order valence-electron chi connectivity index (χ0n) is 11.1. The molecule has 4 heteroatoms. The molecule has 0 saturated carbocycles. The number of nitrogens with two attached hydrogens (primary N) is 1. The molecule has 0 saturated heterocycles. The van der Waals surface area contributed by atoms with Gasteiger partial charge in [-0.3, -0.25) is 0 Å². The first-order valence-electron chi connectivity index (χ1n) is 6.38. The van der Waals surface area contributed by atoms with Crippen molar-refractivity contribution in [1.29, 1.82) is 0 Å². The fraction of sp³-hybridized carbons (Fsp3) is 0.200. The van der Waals surface area contributed by atoms with E-state index in [0.717, 1.165) is 34.8 Å². The van der Waals surface area contributed by atoms with Gasteiger partial charge in [-0.2, -0.15) is 0 Å². The number of nitrogens with zero attached hydrogens (tertiary/aromatic N) is 3. The van der Waals surface area contributed by atoms with Crippen LogP contribution in [0.25, 0.3) is 22.6 Å². The Bertz CT molecular complexity index is 743. The summed E-state index contributed by atoms with van der Waals surface area (Å²) in [6.07, 6.45) is 1.79. The molecule has 2 N–H and O–H groups in total. The number of fused-ring (bicyclic) bond motifs is 1.